The molecule has 4 nitrogen and oxygen atoms in total. The Balaban J connectivity index is 1.10. The Morgan fingerprint density at radius 2 is 1.24 bits per heavy atom. The van der Waals surface area contributed by atoms with Crippen molar-refractivity contribution in [2.75, 3.05) is 4.90 Å². The van der Waals surface area contributed by atoms with Crippen molar-refractivity contribution in [3.8, 4) is 33.7 Å². The first-order chi connectivity index (χ1) is 26.5. The van der Waals surface area contributed by atoms with E-state index in [1.165, 1.54) is 33.4 Å². The predicted molar refractivity (Wildman–Crippen MR) is 222 cm³/mol. The number of oxazole rings is 1. The van der Waals surface area contributed by atoms with Crippen molar-refractivity contribution in [3.05, 3.63) is 181 Å². The number of benzene rings is 8. The van der Waals surface area contributed by atoms with E-state index in [1.807, 2.05) is 30.3 Å². The first kappa shape index (κ1) is 30.7. The summed E-state index contributed by atoms with van der Waals surface area (Å²) in [6, 6.07) is 60.1. The minimum absolute atomic E-state index is 0.124. The van der Waals surface area contributed by atoms with Gasteiger partial charge in [0.15, 0.2) is 5.58 Å². The van der Waals surface area contributed by atoms with Crippen LogP contribution in [0.15, 0.2) is 179 Å². The third-order valence-electron chi connectivity index (χ3n) is 11.3. The normalized spacial score (nSPS) is 13.1. The van der Waals surface area contributed by atoms with Crippen LogP contribution in [0.2, 0.25) is 0 Å². The van der Waals surface area contributed by atoms with Crippen molar-refractivity contribution in [3.63, 3.8) is 0 Å². The van der Waals surface area contributed by atoms with E-state index >= 15 is 0 Å². The number of aromatic nitrogens is 1. The molecule has 0 fully saturated rings. The van der Waals surface area contributed by atoms with Gasteiger partial charge >= 0.3 is 0 Å². The first-order valence-corrected chi connectivity index (χ1v) is 18.5. The highest BCUT2D eigenvalue weighted by atomic mass is 16.3. The van der Waals surface area contributed by atoms with Gasteiger partial charge < -0.3 is 13.7 Å². The Kier molecular flexibility index (Phi) is 6.56. The van der Waals surface area contributed by atoms with Gasteiger partial charge in [0.2, 0.25) is 5.89 Å². The van der Waals surface area contributed by atoms with Crippen LogP contribution in [0.25, 0.3) is 77.5 Å². The van der Waals surface area contributed by atoms with Gasteiger partial charge in [-0.2, -0.15) is 0 Å². The number of fused-ring (bicyclic) bond motifs is 9. The minimum Gasteiger partial charge on any atom is -0.456 e. The average molecular weight is 695 g/mol. The van der Waals surface area contributed by atoms with Gasteiger partial charge in [-0.3, -0.25) is 0 Å². The molecule has 54 heavy (non-hydrogen) atoms. The molecule has 4 heteroatoms. The molecular formula is C50H34N2O2. The van der Waals surface area contributed by atoms with Crippen LogP contribution >= 0.6 is 0 Å². The topological polar surface area (TPSA) is 42.4 Å². The second-order valence-electron chi connectivity index (χ2n) is 14.7. The van der Waals surface area contributed by atoms with E-state index in [1.54, 1.807) is 0 Å². The summed E-state index contributed by atoms with van der Waals surface area (Å²) >= 11 is 0. The predicted octanol–water partition coefficient (Wildman–Crippen LogP) is 14.0. The van der Waals surface area contributed by atoms with E-state index in [2.05, 4.69) is 158 Å². The fourth-order valence-electron chi connectivity index (χ4n) is 8.69. The molecular weight excluding hydrogens is 661 g/mol. The molecule has 0 unspecified atom stereocenters. The molecule has 2 aromatic heterocycles. The Morgan fingerprint density at radius 1 is 0.519 bits per heavy atom. The first-order valence-electron chi connectivity index (χ1n) is 18.5. The molecule has 11 rings (SSSR count). The zero-order valence-electron chi connectivity index (χ0n) is 29.9. The van der Waals surface area contributed by atoms with Crippen LogP contribution in [0.4, 0.5) is 17.1 Å². The van der Waals surface area contributed by atoms with Gasteiger partial charge in [-0.25, -0.2) is 4.98 Å². The molecule has 8 aromatic carbocycles. The lowest BCUT2D eigenvalue weighted by Crippen LogP contribution is -2.16. The summed E-state index contributed by atoms with van der Waals surface area (Å²) in [5, 5.41) is 4.19. The van der Waals surface area contributed by atoms with Crippen LogP contribution in [0.1, 0.15) is 25.0 Å². The van der Waals surface area contributed by atoms with Crippen molar-refractivity contribution in [2.24, 2.45) is 0 Å². The van der Waals surface area contributed by atoms with Crippen molar-refractivity contribution in [1.82, 2.24) is 4.98 Å². The quantitative estimate of drug-likeness (QED) is 0.180. The molecule has 0 spiro atoms. The van der Waals surface area contributed by atoms with E-state index in [0.717, 1.165) is 66.4 Å². The van der Waals surface area contributed by atoms with E-state index in [0.29, 0.717) is 5.89 Å². The fraction of sp³-hybridized carbons (Fsp3) is 0.0600. The Labute approximate surface area is 312 Å². The molecule has 0 N–H and O–H groups in total. The second kappa shape index (κ2) is 11.5. The van der Waals surface area contributed by atoms with Crippen LogP contribution < -0.4 is 4.90 Å². The summed E-state index contributed by atoms with van der Waals surface area (Å²) < 4.78 is 13.2. The van der Waals surface area contributed by atoms with Crippen LogP contribution in [-0.2, 0) is 5.41 Å². The van der Waals surface area contributed by atoms with Crippen molar-refractivity contribution >= 4 is 60.9 Å². The number of hydrogen-bond acceptors (Lipinski definition) is 4. The number of anilines is 3. The SMILES string of the molecule is CC1(C)c2ccccc2-c2c(N(c3ccc(-c4ccccc4)cc3)c3ccc4c(c3)oc3cccc(-c5nc6ccc7ccccc7c6o5)c34)cccc21. The minimum atomic E-state index is -0.124. The molecule has 0 saturated heterocycles. The standard InChI is InChI=1S/C50H34N2O2/c1-50(2)40-18-9-8-16-37(40)47-41(50)19-11-20-43(47)52(34-25-22-32(23-26-34)31-12-4-3-5-13-31)35-27-28-38-45(30-35)53-44-21-10-17-39(46(38)44)49-51-42-29-24-33-14-6-7-15-36(33)48(42)54-49/h3-30H,1-2H3. The number of furan rings is 1. The van der Waals surface area contributed by atoms with Gasteiger partial charge in [-0.15, -0.1) is 0 Å². The third kappa shape index (κ3) is 4.53. The van der Waals surface area contributed by atoms with Gasteiger partial charge in [0.25, 0.3) is 0 Å². The maximum atomic E-state index is 6.68. The lowest BCUT2D eigenvalue weighted by molar-refractivity contribution is 0.623. The maximum absolute atomic E-state index is 6.68. The van der Waals surface area contributed by atoms with Crippen LogP contribution in [0.5, 0.6) is 0 Å². The number of hydrogen-bond donors (Lipinski definition) is 0. The van der Waals surface area contributed by atoms with Crippen LogP contribution in [-0.4, -0.2) is 4.98 Å². The van der Waals surface area contributed by atoms with E-state index in [9.17, 15) is 0 Å². The van der Waals surface area contributed by atoms with Crippen molar-refractivity contribution in [2.45, 2.75) is 19.3 Å². The lowest BCUT2D eigenvalue weighted by atomic mass is 9.82. The summed E-state index contributed by atoms with van der Waals surface area (Å²) in [6.07, 6.45) is 0. The molecule has 10 aromatic rings. The van der Waals surface area contributed by atoms with Gasteiger partial charge in [0.05, 0.1) is 5.69 Å². The maximum Gasteiger partial charge on any atom is 0.228 e. The summed E-state index contributed by atoms with van der Waals surface area (Å²) in [7, 11) is 0. The van der Waals surface area contributed by atoms with E-state index in [4.69, 9.17) is 13.8 Å². The second-order valence-corrected chi connectivity index (χ2v) is 14.7. The molecule has 0 saturated carbocycles. The van der Waals surface area contributed by atoms with Gasteiger partial charge in [0.1, 0.15) is 16.7 Å². The smallest absolute Gasteiger partial charge is 0.228 e. The van der Waals surface area contributed by atoms with Gasteiger partial charge in [0, 0.05) is 50.1 Å². The highest BCUT2D eigenvalue weighted by Gasteiger charge is 2.37. The Morgan fingerprint density at radius 3 is 2.13 bits per heavy atom. The van der Waals surface area contributed by atoms with Crippen molar-refractivity contribution in [1.29, 1.82) is 0 Å². The third-order valence-corrected chi connectivity index (χ3v) is 11.3. The largest absolute Gasteiger partial charge is 0.456 e. The summed E-state index contributed by atoms with van der Waals surface area (Å²) in [6.45, 7) is 4.66. The molecule has 256 valence electrons. The number of rotatable bonds is 5. The highest BCUT2D eigenvalue weighted by Crippen LogP contribution is 2.54. The molecule has 0 atom stereocenters. The summed E-state index contributed by atoms with van der Waals surface area (Å²) in [5.74, 6) is 0.583. The average Bonchev–Trinajstić information content (AvgIpc) is 3.89. The molecule has 1 aliphatic rings. The summed E-state index contributed by atoms with van der Waals surface area (Å²) in [4.78, 5) is 7.35. The Hall–Kier alpha value is -6.91. The number of nitrogens with zero attached hydrogens (tertiary/aromatic N) is 2. The molecule has 2 heterocycles. The highest BCUT2D eigenvalue weighted by molar-refractivity contribution is 6.13. The molecule has 0 bridgehead atoms. The summed E-state index contributed by atoms with van der Waals surface area (Å²) in [5.41, 5.74) is 14.8. The van der Waals surface area contributed by atoms with E-state index in [-0.39, 0.29) is 5.41 Å². The molecule has 1 aliphatic carbocycles. The van der Waals surface area contributed by atoms with Crippen LogP contribution in [0, 0.1) is 0 Å². The fourth-order valence-corrected chi connectivity index (χ4v) is 8.69. The monoisotopic (exact) mass is 694 g/mol. The Bertz CT molecular complexity index is 3080. The van der Waals surface area contributed by atoms with Crippen molar-refractivity contribution < 1.29 is 8.83 Å². The van der Waals surface area contributed by atoms with E-state index < -0.39 is 0 Å². The molecule has 0 radical (unpaired) electrons. The zero-order valence-corrected chi connectivity index (χ0v) is 29.9. The molecule has 0 aliphatic heterocycles. The van der Waals surface area contributed by atoms with Gasteiger partial charge in [-0.1, -0.05) is 129 Å². The molecule has 0 amide bonds. The lowest BCUT2D eigenvalue weighted by Gasteiger charge is -2.29. The zero-order chi connectivity index (χ0) is 36.0. The van der Waals surface area contributed by atoms with Gasteiger partial charge in [-0.05, 0) is 81.7 Å². The van der Waals surface area contributed by atoms with Crippen LogP contribution in [0.3, 0.4) is 0 Å².